The number of rotatable bonds is 5. The maximum Gasteiger partial charge on any atom is 0.337 e. The molecule has 0 heterocycles. The lowest BCUT2D eigenvalue weighted by Gasteiger charge is -2.16. The van der Waals surface area contributed by atoms with Gasteiger partial charge in [-0.1, -0.05) is 0 Å². The summed E-state index contributed by atoms with van der Waals surface area (Å²) in [5.74, 6) is 4.80. The normalized spacial score (nSPS) is 9.94. The summed E-state index contributed by atoms with van der Waals surface area (Å²) < 4.78 is 9.39. The van der Waals surface area contributed by atoms with Crippen molar-refractivity contribution >= 4 is 11.9 Å². The Morgan fingerprint density at radius 3 is 2.22 bits per heavy atom. The molecule has 0 bridgehead atoms. The van der Waals surface area contributed by atoms with E-state index in [9.17, 15) is 9.59 Å². The highest BCUT2D eigenvalue weighted by Gasteiger charge is 2.13. The second-order valence-electron chi connectivity index (χ2n) is 3.56. The number of carbonyl (C=O) groups is 2. The standard InChI is InChI=1S/C12H16N2O4/c1-17-8-7-14(13)11(15)9-3-5-10(6-4-9)12(16)18-2/h3-6H,7-8,13H2,1-2H3. The minimum Gasteiger partial charge on any atom is -0.465 e. The maximum atomic E-state index is 11.8. The highest BCUT2D eigenvalue weighted by atomic mass is 16.5. The van der Waals surface area contributed by atoms with Crippen LogP contribution in [0.1, 0.15) is 20.7 Å². The number of hydrogen-bond donors (Lipinski definition) is 1. The molecule has 6 nitrogen and oxygen atoms in total. The topological polar surface area (TPSA) is 81.9 Å². The molecule has 0 atom stereocenters. The lowest BCUT2D eigenvalue weighted by Crippen LogP contribution is -2.39. The average Bonchev–Trinajstić information content (AvgIpc) is 2.43. The number of esters is 1. The number of hydrazine groups is 1. The summed E-state index contributed by atoms with van der Waals surface area (Å²) in [6.07, 6.45) is 0. The van der Waals surface area contributed by atoms with Crippen molar-refractivity contribution in [3.63, 3.8) is 0 Å². The van der Waals surface area contributed by atoms with E-state index in [0.29, 0.717) is 24.3 Å². The van der Waals surface area contributed by atoms with Gasteiger partial charge in [-0.05, 0) is 24.3 Å². The van der Waals surface area contributed by atoms with Crippen molar-refractivity contribution in [2.75, 3.05) is 27.4 Å². The Balaban J connectivity index is 2.72. The molecule has 1 aromatic carbocycles. The Kier molecular flexibility index (Phi) is 5.29. The largest absolute Gasteiger partial charge is 0.465 e. The third-order valence-corrected chi connectivity index (χ3v) is 2.35. The third kappa shape index (κ3) is 3.54. The van der Waals surface area contributed by atoms with Crippen LogP contribution in [0.25, 0.3) is 0 Å². The fraction of sp³-hybridized carbons (Fsp3) is 0.333. The third-order valence-electron chi connectivity index (χ3n) is 2.35. The number of methoxy groups -OCH3 is 2. The average molecular weight is 252 g/mol. The van der Waals surface area contributed by atoms with Gasteiger partial charge in [0.25, 0.3) is 5.91 Å². The summed E-state index contributed by atoms with van der Waals surface area (Å²) in [6.45, 7) is 0.663. The van der Waals surface area contributed by atoms with Gasteiger partial charge in [-0.2, -0.15) is 0 Å². The molecule has 0 aliphatic carbocycles. The summed E-state index contributed by atoms with van der Waals surface area (Å²) >= 11 is 0. The molecule has 0 aliphatic heterocycles. The van der Waals surface area contributed by atoms with Gasteiger partial charge >= 0.3 is 5.97 Å². The van der Waals surface area contributed by atoms with Gasteiger partial charge in [0.1, 0.15) is 0 Å². The fourth-order valence-electron chi connectivity index (χ4n) is 1.32. The summed E-state index contributed by atoms with van der Waals surface area (Å²) in [5.41, 5.74) is 0.788. The van der Waals surface area contributed by atoms with Crippen LogP contribution in [0.15, 0.2) is 24.3 Å². The maximum absolute atomic E-state index is 11.8. The number of nitrogens with zero attached hydrogens (tertiary/aromatic N) is 1. The van der Waals surface area contributed by atoms with E-state index in [0.717, 1.165) is 5.01 Å². The Hall–Kier alpha value is -1.92. The number of ether oxygens (including phenoxy) is 2. The van der Waals surface area contributed by atoms with Crippen LogP contribution >= 0.6 is 0 Å². The molecule has 0 aromatic heterocycles. The van der Waals surface area contributed by atoms with Crippen molar-refractivity contribution in [2.45, 2.75) is 0 Å². The summed E-state index contributed by atoms with van der Waals surface area (Å²) in [4.78, 5) is 23.0. The van der Waals surface area contributed by atoms with E-state index in [-0.39, 0.29) is 5.91 Å². The Morgan fingerprint density at radius 1 is 1.17 bits per heavy atom. The van der Waals surface area contributed by atoms with Gasteiger partial charge in [0.05, 0.1) is 25.8 Å². The molecule has 0 unspecified atom stereocenters. The predicted molar refractivity (Wildman–Crippen MR) is 64.9 cm³/mol. The van der Waals surface area contributed by atoms with Crippen molar-refractivity contribution in [1.82, 2.24) is 5.01 Å². The molecular weight excluding hydrogens is 236 g/mol. The first-order valence-corrected chi connectivity index (χ1v) is 5.34. The van der Waals surface area contributed by atoms with Gasteiger partial charge in [0, 0.05) is 12.7 Å². The number of carbonyl (C=O) groups excluding carboxylic acids is 2. The van der Waals surface area contributed by atoms with E-state index >= 15 is 0 Å². The summed E-state index contributed by atoms with van der Waals surface area (Å²) in [5, 5.41) is 1.07. The van der Waals surface area contributed by atoms with Crippen LogP contribution in [0.4, 0.5) is 0 Å². The minimum absolute atomic E-state index is 0.300. The molecule has 2 N–H and O–H groups in total. The summed E-state index contributed by atoms with van der Waals surface area (Å²) in [6, 6.07) is 6.09. The fourth-order valence-corrected chi connectivity index (χ4v) is 1.32. The number of hydrogen-bond acceptors (Lipinski definition) is 5. The first-order valence-electron chi connectivity index (χ1n) is 5.34. The van der Waals surface area contributed by atoms with Crippen LogP contribution in [-0.2, 0) is 9.47 Å². The molecule has 0 saturated carbocycles. The van der Waals surface area contributed by atoms with Crippen LogP contribution in [0, 0.1) is 0 Å². The van der Waals surface area contributed by atoms with Gasteiger partial charge in [0.2, 0.25) is 0 Å². The monoisotopic (exact) mass is 252 g/mol. The van der Waals surface area contributed by atoms with E-state index in [1.54, 1.807) is 0 Å². The van der Waals surface area contributed by atoms with E-state index in [4.69, 9.17) is 10.6 Å². The van der Waals surface area contributed by atoms with Gasteiger partial charge in [-0.3, -0.25) is 9.80 Å². The Labute approximate surface area is 105 Å². The van der Waals surface area contributed by atoms with Gasteiger partial charge in [-0.25, -0.2) is 10.6 Å². The number of amides is 1. The molecule has 18 heavy (non-hydrogen) atoms. The lowest BCUT2D eigenvalue weighted by molar-refractivity contribution is 0.0599. The van der Waals surface area contributed by atoms with Gasteiger partial charge in [0.15, 0.2) is 0 Å². The summed E-state index contributed by atoms with van der Waals surface area (Å²) in [7, 11) is 2.83. The zero-order chi connectivity index (χ0) is 13.5. The molecule has 0 radical (unpaired) electrons. The van der Waals surface area contributed by atoms with Crippen molar-refractivity contribution in [3.05, 3.63) is 35.4 Å². The second-order valence-corrected chi connectivity index (χ2v) is 3.56. The van der Waals surface area contributed by atoms with Crippen LogP contribution in [-0.4, -0.2) is 44.3 Å². The Morgan fingerprint density at radius 2 is 1.72 bits per heavy atom. The van der Waals surface area contributed by atoms with Crippen molar-refractivity contribution in [1.29, 1.82) is 0 Å². The Bertz CT molecular complexity index is 417. The highest BCUT2D eigenvalue weighted by Crippen LogP contribution is 2.07. The molecule has 1 amide bonds. The number of nitrogens with two attached hydrogens (primary N) is 1. The molecular formula is C12H16N2O4. The molecule has 0 spiro atoms. The van der Waals surface area contributed by atoms with Crippen LogP contribution in [0.2, 0.25) is 0 Å². The second kappa shape index (κ2) is 6.73. The lowest BCUT2D eigenvalue weighted by atomic mass is 10.1. The van der Waals surface area contributed by atoms with Crippen LogP contribution in [0.5, 0.6) is 0 Å². The highest BCUT2D eigenvalue weighted by molar-refractivity contribution is 5.95. The smallest absolute Gasteiger partial charge is 0.337 e. The molecule has 0 fully saturated rings. The van der Waals surface area contributed by atoms with Gasteiger partial charge < -0.3 is 9.47 Å². The molecule has 1 aromatic rings. The first-order chi connectivity index (χ1) is 8.60. The molecule has 0 aliphatic rings. The van der Waals surface area contributed by atoms with Crippen molar-refractivity contribution in [3.8, 4) is 0 Å². The SMILES string of the molecule is COCCN(N)C(=O)c1ccc(C(=O)OC)cc1. The van der Waals surface area contributed by atoms with Crippen LogP contribution in [0.3, 0.4) is 0 Å². The molecule has 98 valence electrons. The first kappa shape index (κ1) is 14.1. The minimum atomic E-state index is -0.446. The van der Waals surface area contributed by atoms with E-state index < -0.39 is 5.97 Å². The van der Waals surface area contributed by atoms with E-state index in [1.165, 1.54) is 38.5 Å². The molecule has 6 heteroatoms. The molecule has 0 saturated heterocycles. The zero-order valence-corrected chi connectivity index (χ0v) is 10.4. The van der Waals surface area contributed by atoms with E-state index in [2.05, 4.69) is 4.74 Å². The zero-order valence-electron chi connectivity index (χ0n) is 10.4. The predicted octanol–water partition coefficient (Wildman–Crippen LogP) is 0.435. The van der Waals surface area contributed by atoms with Crippen LogP contribution < -0.4 is 5.84 Å². The van der Waals surface area contributed by atoms with Crippen molar-refractivity contribution in [2.24, 2.45) is 5.84 Å². The number of benzene rings is 1. The van der Waals surface area contributed by atoms with Crippen molar-refractivity contribution < 1.29 is 19.1 Å². The van der Waals surface area contributed by atoms with E-state index in [1.807, 2.05) is 0 Å². The molecule has 1 rings (SSSR count). The quantitative estimate of drug-likeness (QED) is 0.356. The van der Waals surface area contributed by atoms with Gasteiger partial charge in [-0.15, -0.1) is 0 Å².